The number of aryl methyl sites for hydroxylation is 1. The quantitative estimate of drug-likeness (QED) is 0.863. The predicted molar refractivity (Wildman–Crippen MR) is 105 cm³/mol. The number of nitrogens with one attached hydrogen (secondary N) is 1. The van der Waals surface area contributed by atoms with E-state index in [0.29, 0.717) is 24.7 Å². The van der Waals surface area contributed by atoms with Crippen molar-refractivity contribution in [2.24, 2.45) is 17.3 Å². The van der Waals surface area contributed by atoms with E-state index in [-0.39, 0.29) is 35.2 Å². The first-order chi connectivity index (χ1) is 13.3. The summed E-state index contributed by atoms with van der Waals surface area (Å²) >= 11 is 0. The van der Waals surface area contributed by atoms with E-state index in [9.17, 15) is 9.59 Å². The maximum absolute atomic E-state index is 13.2. The van der Waals surface area contributed by atoms with Gasteiger partial charge in [-0.3, -0.25) is 9.59 Å². The minimum absolute atomic E-state index is 0.00110. The van der Waals surface area contributed by atoms with Crippen LogP contribution < -0.4 is 10.1 Å². The number of hydrogen-bond donors (Lipinski definition) is 1. The highest BCUT2D eigenvalue weighted by Gasteiger charge is 2.56. The van der Waals surface area contributed by atoms with Gasteiger partial charge in [0.15, 0.2) is 0 Å². The Hall–Kier alpha value is -2.08. The van der Waals surface area contributed by atoms with Crippen molar-refractivity contribution in [2.75, 3.05) is 26.9 Å². The predicted octanol–water partition coefficient (Wildman–Crippen LogP) is 2.40. The van der Waals surface area contributed by atoms with Gasteiger partial charge in [0.05, 0.1) is 25.8 Å². The SMILES string of the molecule is COc1ccc(C(=O)N[C@@H]2[C@H]3C[C@@H]2N(C(=O)C2CCOCC2(C)C)C3)cc1C. The number of ether oxygens (including phenoxy) is 2. The molecule has 0 spiro atoms. The highest BCUT2D eigenvalue weighted by molar-refractivity contribution is 5.95. The highest BCUT2D eigenvalue weighted by atomic mass is 16.5. The molecule has 6 heteroatoms. The summed E-state index contributed by atoms with van der Waals surface area (Å²) in [5, 5.41) is 3.17. The summed E-state index contributed by atoms with van der Waals surface area (Å²) < 4.78 is 10.8. The molecule has 1 N–H and O–H groups in total. The summed E-state index contributed by atoms with van der Waals surface area (Å²) in [6, 6.07) is 5.64. The number of rotatable bonds is 4. The Kier molecular flexibility index (Phi) is 4.86. The van der Waals surface area contributed by atoms with Gasteiger partial charge in [0.2, 0.25) is 5.91 Å². The Balaban J connectivity index is 1.41. The summed E-state index contributed by atoms with van der Waals surface area (Å²) in [4.78, 5) is 28.0. The van der Waals surface area contributed by atoms with E-state index in [4.69, 9.17) is 9.47 Å². The third-order valence-corrected chi connectivity index (χ3v) is 6.80. The van der Waals surface area contributed by atoms with Crippen LogP contribution in [0.2, 0.25) is 0 Å². The van der Waals surface area contributed by atoms with Gasteiger partial charge in [-0.05, 0) is 48.9 Å². The van der Waals surface area contributed by atoms with E-state index < -0.39 is 0 Å². The smallest absolute Gasteiger partial charge is 0.251 e. The summed E-state index contributed by atoms with van der Waals surface area (Å²) in [5.41, 5.74) is 1.43. The van der Waals surface area contributed by atoms with Gasteiger partial charge in [-0.1, -0.05) is 13.8 Å². The molecule has 1 aromatic rings. The Bertz CT molecular complexity index is 791. The summed E-state index contributed by atoms with van der Waals surface area (Å²) in [7, 11) is 1.62. The molecular formula is C22H30N2O4. The average molecular weight is 386 g/mol. The van der Waals surface area contributed by atoms with Gasteiger partial charge in [-0.15, -0.1) is 0 Å². The Labute approximate surface area is 166 Å². The number of fused-ring (bicyclic) bond motifs is 1. The fraction of sp³-hybridized carbons (Fsp3) is 0.636. The van der Waals surface area contributed by atoms with Crippen LogP contribution in [0, 0.1) is 24.2 Å². The molecule has 1 saturated carbocycles. The van der Waals surface area contributed by atoms with Crippen molar-refractivity contribution in [3.8, 4) is 5.75 Å². The first-order valence-electron chi connectivity index (χ1n) is 10.2. The molecule has 3 aliphatic heterocycles. The van der Waals surface area contributed by atoms with E-state index in [1.54, 1.807) is 13.2 Å². The third kappa shape index (κ3) is 3.17. The lowest BCUT2D eigenvalue weighted by molar-refractivity contribution is -0.147. The average Bonchev–Trinajstić information content (AvgIpc) is 3.24. The molecule has 4 fully saturated rings. The van der Waals surface area contributed by atoms with Crippen molar-refractivity contribution in [1.82, 2.24) is 10.2 Å². The van der Waals surface area contributed by atoms with Crippen LogP contribution in [0.15, 0.2) is 18.2 Å². The van der Waals surface area contributed by atoms with Crippen LogP contribution in [0.5, 0.6) is 5.75 Å². The number of carbonyl (C=O) groups excluding carboxylic acids is 2. The summed E-state index contributed by atoms with van der Waals surface area (Å²) in [5.74, 6) is 1.29. The van der Waals surface area contributed by atoms with Gasteiger partial charge in [0.25, 0.3) is 5.91 Å². The lowest BCUT2D eigenvalue weighted by Gasteiger charge is -2.41. The van der Waals surface area contributed by atoms with Gasteiger partial charge in [-0.25, -0.2) is 0 Å². The minimum Gasteiger partial charge on any atom is -0.496 e. The van der Waals surface area contributed by atoms with Crippen LogP contribution in [-0.4, -0.2) is 55.7 Å². The number of hydrogen-bond acceptors (Lipinski definition) is 4. The maximum Gasteiger partial charge on any atom is 0.251 e. The number of carbonyl (C=O) groups is 2. The van der Waals surface area contributed by atoms with Gasteiger partial charge in [0.1, 0.15) is 5.75 Å². The topological polar surface area (TPSA) is 67.9 Å². The molecule has 1 aromatic carbocycles. The molecule has 2 bridgehead atoms. The molecular weight excluding hydrogens is 356 g/mol. The van der Waals surface area contributed by atoms with Crippen LogP contribution in [0.1, 0.15) is 42.6 Å². The lowest BCUT2D eigenvalue weighted by Crippen LogP contribution is -2.56. The van der Waals surface area contributed by atoms with Gasteiger partial charge < -0.3 is 19.7 Å². The van der Waals surface area contributed by atoms with Crippen LogP contribution in [0.4, 0.5) is 0 Å². The molecule has 4 aliphatic rings. The molecule has 0 aromatic heterocycles. The van der Waals surface area contributed by atoms with Gasteiger partial charge >= 0.3 is 0 Å². The summed E-state index contributed by atoms with van der Waals surface area (Å²) in [6.07, 6.45) is 1.77. The molecule has 2 amide bonds. The maximum atomic E-state index is 13.2. The molecule has 3 heterocycles. The number of methoxy groups -OCH3 is 1. The highest BCUT2D eigenvalue weighted by Crippen LogP contribution is 2.44. The van der Waals surface area contributed by atoms with E-state index in [1.807, 2.05) is 24.0 Å². The zero-order valence-corrected chi connectivity index (χ0v) is 17.2. The fourth-order valence-electron chi connectivity index (χ4n) is 5.03. The monoisotopic (exact) mass is 386 g/mol. The molecule has 1 unspecified atom stereocenters. The molecule has 0 radical (unpaired) electrons. The Morgan fingerprint density at radius 3 is 2.79 bits per heavy atom. The van der Waals surface area contributed by atoms with E-state index in [2.05, 4.69) is 19.2 Å². The number of amides is 2. The zero-order chi connectivity index (χ0) is 20.1. The second kappa shape index (κ2) is 7.07. The normalized spacial score (nSPS) is 30.5. The van der Waals surface area contributed by atoms with E-state index >= 15 is 0 Å². The second-order valence-electron chi connectivity index (χ2n) is 9.12. The van der Waals surface area contributed by atoms with Crippen molar-refractivity contribution >= 4 is 11.8 Å². The van der Waals surface area contributed by atoms with Crippen molar-refractivity contribution in [3.63, 3.8) is 0 Å². The standard InChI is InChI=1S/C22H30N2O4/c1-13-9-14(5-6-18(13)27-4)20(25)23-19-15-10-17(19)24(11-15)21(26)16-7-8-28-12-22(16,2)3/h5-6,9,15-17,19H,7-8,10-12H2,1-4H3,(H,23,25)/t15-,16?,17-,19+/m0/s1. The molecule has 6 nitrogen and oxygen atoms in total. The van der Waals surface area contributed by atoms with Gasteiger partial charge in [0, 0.05) is 30.6 Å². The molecule has 4 atom stereocenters. The third-order valence-electron chi connectivity index (χ3n) is 6.80. The minimum atomic E-state index is -0.137. The first kappa shape index (κ1) is 19.2. The van der Waals surface area contributed by atoms with Crippen molar-refractivity contribution in [3.05, 3.63) is 29.3 Å². The van der Waals surface area contributed by atoms with E-state index in [0.717, 1.165) is 30.7 Å². The summed E-state index contributed by atoms with van der Waals surface area (Å²) in [6.45, 7) is 8.18. The molecule has 28 heavy (non-hydrogen) atoms. The van der Waals surface area contributed by atoms with Crippen LogP contribution >= 0.6 is 0 Å². The molecule has 1 aliphatic carbocycles. The number of nitrogens with zero attached hydrogens (tertiary/aromatic N) is 1. The largest absolute Gasteiger partial charge is 0.496 e. The fourth-order valence-corrected chi connectivity index (χ4v) is 5.03. The van der Waals surface area contributed by atoms with Gasteiger partial charge in [-0.2, -0.15) is 0 Å². The van der Waals surface area contributed by atoms with Crippen LogP contribution in [0.25, 0.3) is 0 Å². The molecule has 152 valence electrons. The van der Waals surface area contributed by atoms with Crippen LogP contribution in [0.3, 0.4) is 0 Å². The number of benzene rings is 1. The Morgan fingerprint density at radius 2 is 2.11 bits per heavy atom. The Morgan fingerprint density at radius 1 is 1.32 bits per heavy atom. The van der Waals surface area contributed by atoms with E-state index in [1.165, 1.54) is 0 Å². The first-order valence-corrected chi connectivity index (χ1v) is 10.2. The van der Waals surface area contributed by atoms with Crippen LogP contribution in [-0.2, 0) is 9.53 Å². The van der Waals surface area contributed by atoms with Crippen molar-refractivity contribution in [2.45, 2.75) is 45.7 Å². The zero-order valence-electron chi connectivity index (χ0n) is 17.2. The lowest BCUT2D eigenvalue weighted by atomic mass is 9.75. The second-order valence-corrected chi connectivity index (χ2v) is 9.12. The van der Waals surface area contributed by atoms with Crippen molar-refractivity contribution in [1.29, 1.82) is 0 Å². The molecule has 5 rings (SSSR count). The molecule has 3 saturated heterocycles. The van der Waals surface area contributed by atoms with Crippen molar-refractivity contribution < 1.29 is 19.1 Å².